The van der Waals surface area contributed by atoms with E-state index in [0.717, 1.165) is 5.56 Å². The Morgan fingerprint density at radius 1 is 1.23 bits per heavy atom. The van der Waals surface area contributed by atoms with Crippen molar-refractivity contribution in [2.75, 3.05) is 18.9 Å². The number of imidazole rings is 1. The molecule has 0 radical (unpaired) electrons. The molecule has 4 rings (SSSR count). The summed E-state index contributed by atoms with van der Waals surface area (Å²) in [7, 11) is -0.751. The van der Waals surface area contributed by atoms with E-state index in [2.05, 4.69) is 14.8 Å². The lowest BCUT2D eigenvalue weighted by Crippen LogP contribution is -2.15. The summed E-state index contributed by atoms with van der Waals surface area (Å²) in [5.41, 5.74) is 1.37. The second kappa shape index (κ2) is 8.17. The number of hydrogen-bond donors (Lipinski definition) is 1. The minimum Gasteiger partial charge on any atom is -0.493 e. The predicted octanol–water partition coefficient (Wildman–Crippen LogP) is 3.31. The van der Waals surface area contributed by atoms with Gasteiger partial charge in [0.1, 0.15) is 0 Å². The van der Waals surface area contributed by atoms with Crippen LogP contribution in [0.4, 0.5) is 5.69 Å². The second-order valence-corrected chi connectivity index (χ2v) is 9.13. The molecule has 0 aliphatic heterocycles. The van der Waals surface area contributed by atoms with Crippen LogP contribution < -0.4 is 14.2 Å². The van der Waals surface area contributed by atoms with Crippen molar-refractivity contribution < 1.29 is 17.9 Å². The molecule has 158 valence electrons. The van der Waals surface area contributed by atoms with Crippen LogP contribution in [-0.2, 0) is 23.0 Å². The van der Waals surface area contributed by atoms with Gasteiger partial charge in [-0.1, -0.05) is 17.7 Å². The highest BCUT2D eigenvalue weighted by molar-refractivity contribution is 7.92. The van der Waals surface area contributed by atoms with Crippen LogP contribution in [-0.4, -0.2) is 41.8 Å². The largest absolute Gasteiger partial charge is 0.493 e. The average molecular weight is 468 g/mol. The summed E-state index contributed by atoms with van der Waals surface area (Å²) in [6, 6.07) is 5.69. The van der Waals surface area contributed by atoms with E-state index in [9.17, 15) is 8.42 Å². The Morgan fingerprint density at radius 2 is 2.03 bits per heavy atom. The fourth-order valence-electron chi connectivity index (χ4n) is 3.00. The summed E-state index contributed by atoms with van der Waals surface area (Å²) in [6.07, 6.45) is 5.36. The average Bonchev–Trinajstić information content (AvgIpc) is 3.41. The molecule has 0 spiro atoms. The van der Waals surface area contributed by atoms with E-state index in [0.29, 0.717) is 35.1 Å². The van der Waals surface area contributed by atoms with E-state index in [4.69, 9.17) is 21.1 Å². The third-order valence-corrected chi connectivity index (χ3v) is 6.93. The first-order chi connectivity index (χ1) is 14.4. The SMILES string of the molecule is COc1ccc(CCn2cc(NS(=O)(=O)c3c(Cl)nc4sccn34)cn2)cc1OC. The molecule has 0 bridgehead atoms. The number of sulfonamides is 1. The lowest BCUT2D eigenvalue weighted by molar-refractivity contribution is 0.354. The van der Waals surface area contributed by atoms with E-state index in [-0.39, 0.29) is 10.2 Å². The van der Waals surface area contributed by atoms with Gasteiger partial charge in [-0.3, -0.25) is 13.8 Å². The van der Waals surface area contributed by atoms with E-state index < -0.39 is 10.0 Å². The number of aryl methyl sites for hydroxylation is 2. The van der Waals surface area contributed by atoms with Crippen LogP contribution in [0.1, 0.15) is 5.56 Å². The maximum Gasteiger partial charge on any atom is 0.281 e. The molecule has 9 nitrogen and oxygen atoms in total. The number of rotatable bonds is 8. The summed E-state index contributed by atoms with van der Waals surface area (Å²) < 4.78 is 41.8. The maximum absolute atomic E-state index is 12.8. The lowest BCUT2D eigenvalue weighted by Gasteiger charge is -2.09. The van der Waals surface area contributed by atoms with Gasteiger partial charge < -0.3 is 9.47 Å². The van der Waals surface area contributed by atoms with Crippen LogP contribution in [0.3, 0.4) is 0 Å². The number of methoxy groups -OCH3 is 2. The van der Waals surface area contributed by atoms with Gasteiger partial charge in [-0.2, -0.15) is 13.5 Å². The van der Waals surface area contributed by atoms with Gasteiger partial charge in [0.2, 0.25) is 0 Å². The summed E-state index contributed by atoms with van der Waals surface area (Å²) in [6.45, 7) is 0.555. The Morgan fingerprint density at radius 3 is 2.80 bits per heavy atom. The van der Waals surface area contributed by atoms with Crippen molar-refractivity contribution >= 4 is 43.6 Å². The molecule has 0 atom stereocenters. The number of nitrogens with zero attached hydrogens (tertiary/aromatic N) is 4. The van der Waals surface area contributed by atoms with Crippen LogP contribution in [0, 0.1) is 0 Å². The number of halogens is 1. The van der Waals surface area contributed by atoms with Gasteiger partial charge in [0.25, 0.3) is 10.0 Å². The number of benzene rings is 1. The Balaban J connectivity index is 1.47. The minimum absolute atomic E-state index is 0.0739. The Hall–Kier alpha value is -2.76. The maximum atomic E-state index is 12.8. The first-order valence-electron chi connectivity index (χ1n) is 8.78. The number of thiazole rings is 1. The predicted molar refractivity (Wildman–Crippen MR) is 114 cm³/mol. The van der Waals surface area contributed by atoms with Gasteiger partial charge in [-0.15, -0.1) is 11.3 Å². The second-order valence-electron chi connectivity index (χ2n) is 6.30. The normalized spacial score (nSPS) is 11.7. The number of ether oxygens (including phenoxy) is 2. The van der Waals surface area contributed by atoms with Crippen molar-refractivity contribution in [3.8, 4) is 11.5 Å². The summed E-state index contributed by atoms with van der Waals surface area (Å²) in [5.74, 6) is 1.32. The molecule has 0 saturated heterocycles. The van der Waals surface area contributed by atoms with Crippen LogP contribution in [0.15, 0.2) is 47.2 Å². The van der Waals surface area contributed by atoms with E-state index >= 15 is 0 Å². The molecule has 0 unspecified atom stereocenters. The van der Waals surface area contributed by atoms with Crippen molar-refractivity contribution in [3.05, 3.63) is 52.9 Å². The molecule has 0 amide bonds. The van der Waals surface area contributed by atoms with Crippen LogP contribution >= 0.6 is 22.9 Å². The number of fused-ring (bicyclic) bond motifs is 1. The van der Waals surface area contributed by atoms with E-state index in [1.165, 1.54) is 21.9 Å². The molecule has 1 N–H and O–H groups in total. The highest BCUT2D eigenvalue weighted by Gasteiger charge is 2.25. The zero-order valence-corrected chi connectivity index (χ0v) is 18.5. The van der Waals surface area contributed by atoms with Gasteiger partial charge in [-0.05, 0) is 24.1 Å². The standard InChI is InChI=1S/C18H18ClN5O4S2/c1-27-14-4-3-12(9-15(14)28-2)5-6-23-11-13(10-20-23)22-30(25,26)17-16(19)21-18-24(17)7-8-29-18/h3-4,7-11,22H,5-6H2,1-2H3. The molecule has 0 saturated carbocycles. The van der Waals surface area contributed by atoms with Crippen LogP contribution in [0.25, 0.3) is 4.96 Å². The molecule has 0 aliphatic carbocycles. The molecule has 3 aromatic heterocycles. The summed E-state index contributed by atoms with van der Waals surface area (Å²) in [5, 5.41) is 5.80. The Bertz CT molecular complexity index is 1300. The lowest BCUT2D eigenvalue weighted by atomic mass is 10.1. The number of nitrogens with one attached hydrogen (secondary N) is 1. The van der Waals surface area contributed by atoms with Gasteiger partial charge in [0, 0.05) is 24.3 Å². The smallest absolute Gasteiger partial charge is 0.281 e. The highest BCUT2D eigenvalue weighted by atomic mass is 35.5. The quantitative estimate of drug-likeness (QED) is 0.426. The topological polar surface area (TPSA) is 99.8 Å². The molecule has 0 fully saturated rings. The van der Waals surface area contributed by atoms with Crippen molar-refractivity contribution in [1.82, 2.24) is 19.2 Å². The highest BCUT2D eigenvalue weighted by Crippen LogP contribution is 2.28. The molecular weight excluding hydrogens is 450 g/mol. The number of hydrogen-bond acceptors (Lipinski definition) is 7. The van der Waals surface area contributed by atoms with Crippen molar-refractivity contribution in [1.29, 1.82) is 0 Å². The molecule has 12 heteroatoms. The van der Waals surface area contributed by atoms with Gasteiger partial charge in [0.05, 0.1) is 26.1 Å². The molecule has 0 aliphatic rings. The molecule has 1 aromatic carbocycles. The monoisotopic (exact) mass is 467 g/mol. The third-order valence-electron chi connectivity index (χ3n) is 4.40. The third kappa shape index (κ3) is 3.95. The van der Waals surface area contributed by atoms with Crippen molar-refractivity contribution in [2.24, 2.45) is 0 Å². The van der Waals surface area contributed by atoms with E-state index in [1.807, 2.05) is 18.2 Å². The molecule has 3 heterocycles. The first kappa shape index (κ1) is 20.5. The van der Waals surface area contributed by atoms with Crippen molar-refractivity contribution in [3.63, 3.8) is 0 Å². The Labute approximate surface area is 181 Å². The summed E-state index contributed by atoms with van der Waals surface area (Å²) in [4.78, 5) is 4.57. The van der Waals surface area contributed by atoms with Gasteiger partial charge in [-0.25, -0.2) is 4.98 Å². The fraction of sp³-hybridized carbons (Fsp3) is 0.222. The van der Waals surface area contributed by atoms with Gasteiger partial charge in [0.15, 0.2) is 26.6 Å². The zero-order chi connectivity index (χ0) is 21.3. The molecule has 30 heavy (non-hydrogen) atoms. The van der Waals surface area contributed by atoms with E-state index in [1.54, 1.807) is 36.7 Å². The number of anilines is 1. The zero-order valence-electron chi connectivity index (χ0n) is 16.1. The summed E-state index contributed by atoms with van der Waals surface area (Å²) >= 11 is 7.34. The van der Waals surface area contributed by atoms with Crippen LogP contribution in [0.5, 0.6) is 11.5 Å². The number of aromatic nitrogens is 4. The van der Waals surface area contributed by atoms with Crippen molar-refractivity contribution in [2.45, 2.75) is 18.0 Å². The first-order valence-corrected chi connectivity index (χ1v) is 11.5. The minimum atomic E-state index is -3.93. The Kier molecular flexibility index (Phi) is 5.58. The molecular formula is C18H18ClN5O4S2. The molecule has 4 aromatic rings. The van der Waals surface area contributed by atoms with Crippen LogP contribution in [0.2, 0.25) is 5.15 Å². The van der Waals surface area contributed by atoms with Gasteiger partial charge >= 0.3 is 0 Å². The fourth-order valence-corrected chi connectivity index (χ4v) is 5.48.